The van der Waals surface area contributed by atoms with Gasteiger partial charge in [-0.3, -0.25) is 0 Å². The molecule has 1 fully saturated rings. The summed E-state index contributed by atoms with van der Waals surface area (Å²) >= 11 is 7.75. The van der Waals surface area contributed by atoms with Gasteiger partial charge in [0.1, 0.15) is 0 Å². The molecule has 0 saturated heterocycles. The lowest BCUT2D eigenvalue weighted by Crippen LogP contribution is -2.23. The number of thiophene rings is 1. The van der Waals surface area contributed by atoms with Crippen LogP contribution in [0.4, 0.5) is 0 Å². The zero-order valence-electron chi connectivity index (χ0n) is 9.13. The van der Waals surface area contributed by atoms with Gasteiger partial charge in [-0.1, -0.05) is 24.9 Å². The summed E-state index contributed by atoms with van der Waals surface area (Å²) in [6.45, 7) is 4.41. The van der Waals surface area contributed by atoms with Crippen LogP contribution in [0.2, 0.25) is 4.34 Å². The molecule has 2 atom stereocenters. The topological polar surface area (TPSA) is 12.0 Å². The highest BCUT2D eigenvalue weighted by Crippen LogP contribution is 2.42. The average Bonchev–Trinajstić information content (AvgIpc) is 2.82. The Kier molecular flexibility index (Phi) is 4.06. The Morgan fingerprint density at radius 2 is 2.33 bits per heavy atom. The first-order valence-corrected chi connectivity index (χ1v) is 6.96. The highest BCUT2D eigenvalue weighted by Gasteiger charge is 2.28. The van der Waals surface area contributed by atoms with Crippen molar-refractivity contribution in [2.24, 2.45) is 5.92 Å². The fourth-order valence-electron chi connectivity index (χ4n) is 2.51. The van der Waals surface area contributed by atoms with E-state index in [4.69, 9.17) is 11.6 Å². The third kappa shape index (κ3) is 2.74. The molecule has 0 bridgehead atoms. The Balaban J connectivity index is 2.01. The molecule has 1 aromatic heterocycles. The van der Waals surface area contributed by atoms with Gasteiger partial charge >= 0.3 is 0 Å². The standard InChI is InChI=1S/C12H18ClNS/c1-2-14-8-9-4-3-5-10(9)11-6-7-12(13)15-11/h6-7,9-10,14H,2-5,8H2,1H3. The van der Waals surface area contributed by atoms with E-state index in [0.29, 0.717) is 0 Å². The highest BCUT2D eigenvalue weighted by atomic mass is 35.5. The molecule has 0 radical (unpaired) electrons. The van der Waals surface area contributed by atoms with Gasteiger partial charge in [0.2, 0.25) is 0 Å². The number of hydrogen-bond acceptors (Lipinski definition) is 2. The van der Waals surface area contributed by atoms with Crippen LogP contribution < -0.4 is 5.32 Å². The summed E-state index contributed by atoms with van der Waals surface area (Å²) in [6, 6.07) is 4.24. The Labute approximate surface area is 101 Å². The molecule has 1 saturated carbocycles. The molecule has 1 heterocycles. The van der Waals surface area contributed by atoms with Crippen LogP contribution in [0.25, 0.3) is 0 Å². The molecule has 1 N–H and O–H groups in total. The van der Waals surface area contributed by atoms with Crippen molar-refractivity contribution >= 4 is 22.9 Å². The fourth-order valence-corrected chi connectivity index (χ4v) is 3.80. The summed E-state index contributed by atoms with van der Waals surface area (Å²) in [5, 5.41) is 3.47. The average molecular weight is 244 g/mol. The second-order valence-corrected chi connectivity index (χ2v) is 5.99. The van der Waals surface area contributed by atoms with E-state index in [2.05, 4.69) is 18.3 Å². The lowest BCUT2D eigenvalue weighted by atomic mass is 9.94. The van der Waals surface area contributed by atoms with Gasteiger partial charge in [0.25, 0.3) is 0 Å². The molecule has 0 aliphatic heterocycles. The van der Waals surface area contributed by atoms with Crippen molar-refractivity contribution in [3.63, 3.8) is 0 Å². The van der Waals surface area contributed by atoms with E-state index in [0.717, 1.165) is 29.3 Å². The molecule has 2 unspecified atom stereocenters. The summed E-state index contributed by atoms with van der Waals surface area (Å²) < 4.78 is 0.930. The summed E-state index contributed by atoms with van der Waals surface area (Å²) in [5.41, 5.74) is 0. The van der Waals surface area contributed by atoms with Crippen LogP contribution in [-0.4, -0.2) is 13.1 Å². The zero-order chi connectivity index (χ0) is 10.7. The first-order valence-electron chi connectivity index (χ1n) is 5.77. The van der Waals surface area contributed by atoms with Crippen LogP contribution in [0.3, 0.4) is 0 Å². The predicted octanol–water partition coefficient (Wildman–Crippen LogP) is 3.89. The van der Waals surface area contributed by atoms with Crippen LogP contribution >= 0.6 is 22.9 Å². The van der Waals surface area contributed by atoms with Gasteiger partial charge in [0.05, 0.1) is 4.34 Å². The van der Waals surface area contributed by atoms with Crippen molar-refractivity contribution in [2.45, 2.75) is 32.1 Å². The lowest BCUT2D eigenvalue weighted by Gasteiger charge is -2.18. The van der Waals surface area contributed by atoms with E-state index >= 15 is 0 Å². The van der Waals surface area contributed by atoms with E-state index in [1.54, 1.807) is 11.3 Å². The summed E-state index contributed by atoms with van der Waals surface area (Å²) in [4.78, 5) is 1.49. The van der Waals surface area contributed by atoms with Crippen LogP contribution in [0.5, 0.6) is 0 Å². The van der Waals surface area contributed by atoms with Crippen LogP contribution in [0.15, 0.2) is 12.1 Å². The van der Waals surface area contributed by atoms with Crippen molar-refractivity contribution in [3.05, 3.63) is 21.3 Å². The number of hydrogen-bond donors (Lipinski definition) is 1. The summed E-state index contributed by atoms with van der Waals surface area (Å²) in [5.74, 6) is 1.57. The van der Waals surface area contributed by atoms with Gasteiger partial charge in [0.15, 0.2) is 0 Å². The molecular formula is C12H18ClNS. The molecule has 3 heteroatoms. The van der Waals surface area contributed by atoms with Gasteiger partial charge in [-0.05, 0) is 49.9 Å². The van der Waals surface area contributed by atoms with E-state index in [1.807, 2.05) is 6.07 Å². The maximum Gasteiger partial charge on any atom is 0.0931 e. The SMILES string of the molecule is CCNCC1CCCC1c1ccc(Cl)s1. The predicted molar refractivity (Wildman–Crippen MR) is 68.0 cm³/mol. The second kappa shape index (κ2) is 5.33. The monoisotopic (exact) mass is 243 g/mol. The van der Waals surface area contributed by atoms with Gasteiger partial charge in [-0.2, -0.15) is 0 Å². The molecular weight excluding hydrogens is 226 g/mol. The lowest BCUT2D eigenvalue weighted by molar-refractivity contribution is 0.454. The Hall–Kier alpha value is -0.0500. The Morgan fingerprint density at radius 3 is 3.00 bits per heavy atom. The molecule has 1 nitrogen and oxygen atoms in total. The van der Waals surface area contributed by atoms with E-state index in [1.165, 1.54) is 24.1 Å². The normalized spacial score (nSPS) is 26.0. The fraction of sp³-hybridized carbons (Fsp3) is 0.667. The minimum Gasteiger partial charge on any atom is -0.317 e. The summed E-state index contributed by atoms with van der Waals surface area (Å²) in [7, 11) is 0. The van der Waals surface area contributed by atoms with E-state index in [9.17, 15) is 0 Å². The third-order valence-electron chi connectivity index (χ3n) is 3.28. The molecule has 0 spiro atoms. The third-order valence-corrected chi connectivity index (χ3v) is 4.64. The Morgan fingerprint density at radius 1 is 1.47 bits per heavy atom. The minimum atomic E-state index is 0.751. The largest absolute Gasteiger partial charge is 0.317 e. The summed E-state index contributed by atoms with van der Waals surface area (Å²) in [6.07, 6.45) is 4.08. The molecule has 1 aromatic rings. The Bertz CT molecular complexity index is 310. The minimum absolute atomic E-state index is 0.751. The van der Waals surface area contributed by atoms with E-state index < -0.39 is 0 Å². The van der Waals surface area contributed by atoms with Crippen molar-refractivity contribution in [1.82, 2.24) is 5.32 Å². The number of rotatable bonds is 4. The molecule has 1 aliphatic carbocycles. The van der Waals surface area contributed by atoms with Crippen molar-refractivity contribution in [1.29, 1.82) is 0 Å². The first kappa shape index (κ1) is 11.4. The van der Waals surface area contributed by atoms with Gasteiger partial charge in [-0.25, -0.2) is 0 Å². The van der Waals surface area contributed by atoms with Crippen molar-refractivity contribution in [2.75, 3.05) is 13.1 Å². The maximum atomic E-state index is 5.99. The molecule has 0 aromatic carbocycles. The molecule has 1 aliphatic rings. The molecule has 84 valence electrons. The first-order chi connectivity index (χ1) is 7.31. The van der Waals surface area contributed by atoms with Crippen LogP contribution in [-0.2, 0) is 0 Å². The van der Waals surface area contributed by atoms with Crippen LogP contribution in [0, 0.1) is 5.92 Å². The molecule has 0 amide bonds. The van der Waals surface area contributed by atoms with Crippen molar-refractivity contribution in [3.8, 4) is 0 Å². The highest BCUT2D eigenvalue weighted by molar-refractivity contribution is 7.16. The van der Waals surface area contributed by atoms with E-state index in [-0.39, 0.29) is 0 Å². The molecule has 2 rings (SSSR count). The zero-order valence-corrected chi connectivity index (χ0v) is 10.7. The van der Waals surface area contributed by atoms with Crippen molar-refractivity contribution < 1.29 is 0 Å². The smallest absolute Gasteiger partial charge is 0.0931 e. The van der Waals surface area contributed by atoms with Gasteiger partial charge in [0, 0.05) is 4.88 Å². The second-order valence-electron chi connectivity index (χ2n) is 4.25. The van der Waals surface area contributed by atoms with Gasteiger partial charge in [-0.15, -0.1) is 11.3 Å². The van der Waals surface area contributed by atoms with Gasteiger partial charge < -0.3 is 5.32 Å². The number of nitrogens with one attached hydrogen (secondary N) is 1. The van der Waals surface area contributed by atoms with Crippen LogP contribution in [0.1, 0.15) is 37.0 Å². The maximum absolute atomic E-state index is 5.99. The number of halogens is 1. The quantitative estimate of drug-likeness (QED) is 0.846. The molecule has 15 heavy (non-hydrogen) atoms.